The molecule has 2 aromatic carbocycles. The van der Waals surface area contributed by atoms with Crippen LogP contribution in [0.2, 0.25) is 0 Å². The van der Waals surface area contributed by atoms with Gasteiger partial charge in [-0.3, -0.25) is 4.79 Å². The normalized spacial score (nSPS) is 11.1. The van der Waals surface area contributed by atoms with Gasteiger partial charge in [0.1, 0.15) is 0 Å². The first-order chi connectivity index (χ1) is 12.6. The van der Waals surface area contributed by atoms with Gasteiger partial charge < -0.3 is 16.0 Å². The first-order valence-corrected chi connectivity index (χ1v) is 9.01. The average Bonchev–Trinajstić information content (AvgIpc) is 2.62. The molecule has 0 radical (unpaired) electrons. The third-order valence-electron chi connectivity index (χ3n) is 3.99. The molecule has 0 aromatic heterocycles. The first-order valence-electron chi connectivity index (χ1n) is 9.01. The zero-order chi connectivity index (χ0) is 18.8. The molecule has 26 heavy (non-hydrogen) atoms. The number of nitrogens with zero attached hydrogens (tertiary/aromatic N) is 1. The molecule has 0 spiro atoms. The Labute approximate surface area is 155 Å². The molecule has 0 saturated carbocycles. The summed E-state index contributed by atoms with van der Waals surface area (Å²) < 4.78 is 0. The summed E-state index contributed by atoms with van der Waals surface area (Å²) in [6.07, 6.45) is 0.884. The number of rotatable bonds is 7. The maximum absolute atomic E-state index is 11.1. The van der Waals surface area contributed by atoms with Crippen molar-refractivity contribution < 1.29 is 4.79 Å². The van der Waals surface area contributed by atoms with Gasteiger partial charge >= 0.3 is 0 Å². The topological polar surface area (TPSA) is 65.5 Å². The van der Waals surface area contributed by atoms with Gasteiger partial charge in [0.25, 0.3) is 0 Å². The Bertz CT molecular complexity index is 738. The molecule has 2 aromatic rings. The molecular formula is C21H28N4O. The molecule has 3 N–H and O–H groups in total. The fraction of sp³-hybridized carbons (Fsp3) is 0.333. The monoisotopic (exact) mass is 352 g/mol. The third kappa shape index (κ3) is 6.59. The molecule has 0 atom stereocenters. The summed E-state index contributed by atoms with van der Waals surface area (Å²) in [5, 5.41) is 9.43. The van der Waals surface area contributed by atoms with E-state index in [1.165, 1.54) is 23.6 Å². The molecule has 138 valence electrons. The molecule has 5 nitrogen and oxygen atoms in total. The van der Waals surface area contributed by atoms with Crippen LogP contribution in [0, 0.1) is 6.92 Å². The molecule has 0 saturated heterocycles. The quantitative estimate of drug-likeness (QED) is 0.529. The van der Waals surface area contributed by atoms with Crippen molar-refractivity contribution in [2.45, 2.75) is 33.7 Å². The van der Waals surface area contributed by atoms with Gasteiger partial charge in [0.15, 0.2) is 5.96 Å². The van der Waals surface area contributed by atoms with Crippen LogP contribution in [0.4, 0.5) is 5.69 Å². The summed E-state index contributed by atoms with van der Waals surface area (Å²) in [6, 6.07) is 16.2. The smallest absolute Gasteiger partial charge is 0.221 e. The fourth-order valence-corrected chi connectivity index (χ4v) is 2.58. The number of carbonyl (C=O) groups is 1. The predicted octanol–water partition coefficient (Wildman–Crippen LogP) is 3.25. The van der Waals surface area contributed by atoms with E-state index in [1.807, 2.05) is 36.4 Å². The van der Waals surface area contributed by atoms with Gasteiger partial charge in [-0.2, -0.15) is 0 Å². The van der Waals surface area contributed by atoms with Crippen molar-refractivity contribution in [1.29, 1.82) is 0 Å². The van der Waals surface area contributed by atoms with Crippen molar-refractivity contribution >= 4 is 17.6 Å². The number of carbonyl (C=O) groups excluding carboxylic acids is 1. The number of guanidine groups is 1. The summed E-state index contributed by atoms with van der Waals surface area (Å²) in [5.74, 6) is 0.769. The van der Waals surface area contributed by atoms with Gasteiger partial charge in [0, 0.05) is 25.7 Å². The van der Waals surface area contributed by atoms with E-state index in [0.29, 0.717) is 6.54 Å². The van der Waals surface area contributed by atoms with Crippen molar-refractivity contribution in [1.82, 2.24) is 10.6 Å². The minimum absolute atomic E-state index is 0.0560. The molecular weight excluding hydrogens is 324 g/mol. The lowest BCUT2D eigenvalue weighted by atomic mass is 10.1. The minimum atomic E-state index is -0.0560. The molecule has 1 amide bonds. The Morgan fingerprint density at radius 1 is 1.04 bits per heavy atom. The fourth-order valence-electron chi connectivity index (χ4n) is 2.58. The largest absolute Gasteiger partial charge is 0.357 e. The van der Waals surface area contributed by atoms with Crippen LogP contribution in [0.5, 0.6) is 0 Å². The van der Waals surface area contributed by atoms with Crippen molar-refractivity contribution in [3.05, 3.63) is 65.2 Å². The van der Waals surface area contributed by atoms with E-state index in [9.17, 15) is 4.79 Å². The zero-order valence-corrected chi connectivity index (χ0v) is 15.8. The van der Waals surface area contributed by atoms with Crippen molar-refractivity contribution in [2.24, 2.45) is 4.99 Å². The Morgan fingerprint density at radius 2 is 1.77 bits per heavy atom. The molecule has 0 aliphatic carbocycles. The summed E-state index contributed by atoms with van der Waals surface area (Å²) in [6.45, 7) is 7.95. The number of benzene rings is 2. The molecule has 2 rings (SSSR count). The highest BCUT2D eigenvalue weighted by atomic mass is 16.1. The van der Waals surface area contributed by atoms with Crippen LogP contribution in [0.1, 0.15) is 30.5 Å². The number of aryl methyl sites for hydroxylation is 1. The Balaban J connectivity index is 1.87. The molecule has 0 fully saturated rings. The van der Waals surface area contributed by atoms with E-state index >= 15 is 0 Å². The van der Waals surface area contributed by atoms with Gasteiger partial charge in [-0.05, 0) is 49.1 Å². The highest BCUT2D eigenvalue weighted by molar-refractivity contribution is 5.88. The molecule has 0 heterocycles. The van der Waals surface area contributed by atoms with Crippen LogP contribution in [-0.2, 0) is 17.8 Å². The summed E-state index contributed by atoms with van der Waals surface area (Å²) in [4.78, 5) is 15.7. The van der Waals surface area contributed by atoms with Crippen LogP contribution < -0.4 is 16.0 Å². The summed E-state index contributed by atoms with van der Waals surface area (Å²) in [5.41, 5.74) is 4.52. The van der Waals surface area contributed by atoms with E-state index in [4.69, 9.17) is 0 Å². The van der Waals surface area contributed by atoms with Crippen LogP contribution in [0.25, 0.3) is 0 Å². The number of anilines is 1. The molecule has 0 aliphatic rings. The summed E-state index contributed by atoms with van der Waals surface area (Å²) in [7, 11) is 0. The van der Waals surface area contributed by atoms with E-state index in [0.717, 1.165) is 31.2 Å². The van der Waals surface area contributed by atoms with E-state index < -0.39 is 0 Å². The van der Waals surface area contributed by atoms with Crippen LogP contribution in [0.3, 0.4) is 0 Å². The Morgan fingerprint density at radius 3 is 2.42 bits per heavy atom. The van der Waals surface area contributed by atoms with E-state index in [2.05, 4.69) is 46.9 Å². The highest BCUT2D eigenvalue weighted by Crippen LogP contribution is 2.10. The van der Waals surface area contributed by atoms with Gasteiger partial charge in [-0.15, -0.1) is 0 Å². The minimum Gasteiger partial charge on any atom is -0.357 e. The Hall–Kier alpha value is -2.82. The number of aliphatic imine (C=N–C) groups is 1. The second-order valence-electron chi connectivity index (χ2n) is 6.18. The SMILES string of the molecule is CCNC(=NCc1ccccc1C)NCCc1ccc(NC(C)=O)cc1. The molecule has 0 bridgehead atoms. The standard InChI is InChI=1S/C21H28N4O/c1-4-22-21(24-15-19-8-6-5-7-16(19)2)23-14-13-18-9-11-20(12-10-18)25-17(3)26/h5-12H,4,13-15H2,1-3H3,(H,25,26)(H2,22,23,24). The van der Waals surface area contributed by atoms with Gasteiger partial charge in [0.2, 0.25) is 5.91 Å². The molecule has 5 heteroatoms. The molecule has 0 aliphatic heterocycles. The van der Waals surface area contributed by atoms with Crippen LogP contribution >= 0.6 is 0 Å². The number of amides is 1. The average molecular weight is 352 g/mol. The van der Waals surface area contributed by atoms with Crippen molar-refractivity contribution in [3.63, 3.8) is 0 Å². The maximum atomic E-state index is 11.1. The van der Waals surface area contributed by atoms with Crippen LogP contribution in [0.15, 0.2) is 53.5 Å². The second-order valence-corrected chi connectivity index (χ2v) is 6.18. The van der Waals surface area contributed by atoms with Gasteiger partial charge in [0.05, 0.1) is 6.54 Å². The first kappa shape index (κ1) is 19.5. The second kappa shape index (κ2) is 10.2. The van der Waals surface area contributed by atoms with E-state index in [1.54, 1.807) is 0 Å². The van der Waals surface area contributed by atoms with Crippen molar-refractivity contribution in [2.75, 3.05) is 18.4 Å². The predicted molar refractivity (Wildman–Crippen MR) is 108 cm³/mol. The van der Waals surface area contributed by atoms with Gasteiger partial charge in [-0.1, -0.05) is 36.4 Å². The lowest BCUT2D eigenvalue weighted by molar-refractivity contribution is -0.114. The van der Waals surface area contributed by atoms with Crippen molar-refractivity contribution in [3.8, 4) is 0 Å². The number of nitrogens with one attached hydrogen (secondary N) is 3. The zero-order valence-electron chi connectivity index (χ0n) is 15.8. The highest BCUT2D eigenvalue weighted by Gasteiger charge is 2.01. The lowest BCUT2D eigenvalue weighted by Gasteiger charge is -2.12. The number of hydrogen-bond acceptors (Lipinski definition) is 2. The Kier molecular flexibility index (Phi) is 7.68. The summed E-state index contributed by atoms with van der Waals surface area (Å²) >= 11 is 0. The third-order valence-corrected chi connectivity index (χ3v) is 3.99. The molecule has 0 unspecified atom stereocenters. The van der Waals surface area contributed by atoms with E-state index in [-0.39, 0.29) is 5.91 Å². The van der Waals surface area contributed by atoms with Crippen LogP contribution in [-0.4, -0.2) is 25.0 Å². The maximum Gasteiger partial charge on any atom is 0.221 e. The lowest BCUT2D eigenvalue weighted by Crippen LogP contribution is -2.38. The number of hydrogen-bond donors (Lipinski definition) is 3. The van der Waals surface area contributed by atoms with Gasteiger partial charge in [-0.25, -0.2) is 4.99 Å².